The van der Waals surface area contributed by atoms with Crippen LogP contribution in [0, 0.1) is 11.8 Å². The molecular formula is C18H30N4O. The monoisotopic (exact) mass is 318 g/mol. The first-order valence-electron chi connectivity index (χ1n) is 9.17. The molecule has 1 N–H and O–H groups in total. The molecule has 2 heterocycles. The molecule has 1 aromatic heterocycles. The SMILES string of the molecule is CC1CC(C)CN(CCC(=O)Nc2ccnn2C2CCCC2)C1. The van der Waals surface area contributed by atoms with Gasteiger partial charge in [-0.05, 0) is 31.1 Å². The summed E-state index contributed by atoms with van der Waals surface area (Å²) in [5.41, 5.74) is 0. The first-order valence-corrected chi connectivity index (χ1v) is 9.17. The second kappa shape index (κ2) is 7.47. The summed E-state index contributed by atoms with van der Waals surface area (Å²) < 4.78 is 2.01. The Hall–Kier alpha value is -1.36. The molecule has 0 bridgehead atoms. The highest BCUT2D eigenvalue weighted by atomic mass is 16.1. The van der Waals surface area contributed by atoms with Gasteiger partial charge in [-0.3, -0.25) is 4.79 Å². The van der Waals surface area contributed by atoms with E-state index in [1.165, 1.54) is 32.1 Å². The van der Waals surface area contributed by atoms with Crippen molar-refractivity contribution in [3.05, 3.63) is 12.3 Å². The summed E-state index contributed by atoms with van der Waals surface area (Å²) in [6.07, 6.45) is 8.55. The number of carbonyl (C=O) groups excluding carboxylic acids is 1. The van der Waals surface area contributed by atoms with Gasteiger partial charge in [0, 0.05) is 32.1 Å². The standard InChI is InChI=1S/C18H30N4O/c1-14-11-15(2)13-21(12-14)10-8-18(23)20-17-7-9-19-22(17)16-5-3-4-6-16/h7,9,14-16H,3-6,8,10-13H2,1-2H3,(H,20,23). The molecule has 2 fully saturated rings. The number of amides is 1. The van der Waals surface area contributed by atoms with Crippen LogP contribution in [0.1, 0.15) is 58.4 Å². The summed E-state index contributed by atoms with van der Waals surface area (Å²) in [5.74, 6) is 2.45. The molecule has 2 aliphatic rings. The Morgan fingerprint density at radius 3 is 2.65 bits per heavy atom. The van der Waals surface area contributed by atoms with Gasteiger partial charge in [0.15, 0.2) is 0 Å². The molecule has 2 atom stereocenters. The molecule has 1 amide bonds. The van der Waals surface area contributed by atoms with E-state index < -0.39 is 0 Å². The maximum absolute atomic E-state index is 12.3. The molecule has 2 unspecified atom stereocenters. The van der Waals surface area contributed by atoms with E-state index in [2.05, 4.69) is 29.2 Å². The van der Waals surface area contributed by atoms with Crippen LogP contribution in [0.15, 0.2) is 12.3 Å². The lowest BCUT2D eigenvalue weighted by Crippen LogP contribution is -2.40. The highest BCUT2D eigenvalue weighted by Crippen LogP contribution is 2.31. The summed E-state index contributed by atoms with van der Waals surface area (Å²) in [4.78, 5) is 14.7. The Bertz CT molecular complexity index is 511. The third kappa shape index (κ3) is 4.34. The van der Waals surface area contributed by atoms with Gasteiger partial charge in [-0.25, -0.2) is 4.68 Å². The predicted molar refractivity (Wildman–Crippen MR) is 92.4 cm³/mol. The van der Waals surface area contributed by atoms with Crippen LogP contribution in [0.25, 0.3) is 0 Å². The van der Waals surface area contributed by atoms with Crippen molar-refractivity contribution < 1.29 is 4.79 Å². The largest absolute Gasteiger partial charge is 0.311 e. The number of piperidine rings is 1. The first-order chi connectivity index (χ1) is 11.1. The van der Waals surface area contributed by atoms with Crippen LogP contribution in [0.5, 0.6) is 0 Å². The quantitative estimate of drug-likeness (QED) is 0.906. The lowest BCUT2D eigenvalue weighted by atomic mass is 9.92. The molecule has 128 valence electrons. The van der Waals surface area contributed by atoms with E-state index in [1.807, 2.05) is 10.7 Å². The van der Waals surface area contributed by atoms with Crippen molar-refractivity contribution in [2.75, 3.05) is 25.0 Å². The minimum atomic E-state index is 0.107. The zero-order valence-electron chi connectivity index (χ0n) is 14.5. The van der Waals surface area contributed by atoms with Gasteiger partial charge in [0.25, 0.3) is 0 Å². The molecule has 0 radical (unpaired) electrons. The first kappa shape index (κ1) is 16.5. The maximum atomic E-state index is 12.3. The lowest BCUT2D eigenvalue weighted by Gasteiger charge is -2.34. The number of rotatable bonds is 5. The van der Waals surface area contributed by atoms with E-state index in [0.717, 1.165) is 37.3 Å². The van der Waals surface area contributed by atoms with Gasteiger partial charge in [-0.1, -0.05) is 26.7 Å². The van der Waals surface area contributed by atoms with Crippen molar-refractivity contribution in [1.82, 2.24) is 14.7 Å². The summed E-state index contributed by atoms with van der Waals surface area (Å²) in [6, 6.07) is 2.38. The van der Waals surface area contributed by atoms with E-state index in [0.29, 0.717) is 12.5 Å². The van der Waals surface area contributed by atoms with Crippen molar-refractivity contribution in [3.8, 4) is 0 Å². The topological polar surface area (TPSA) is 50.2 Å². The van der Waals surface area contributed by atoms with Crippen molar-refractivity contribution in [2.24, 2.45) is 11.8 Å². The van der Waals surface area contributed by atoms with Crippen LogP contribution in [-0.2, 0) is 4.79 Å². The van der Waals surface area contributed by atoms with Crippen LogP contribution >= 0.6 is 0 Å². The van der Waals surface area contributed by atoms with E-state index in [9.17, 15) is 4.79 Å². The highest BCUT2D eigenvalue weighted by Gasteiger charge is 2.23. The van der Waals surface area contributed by atoms with Crippen LogP contribution in [0.2, 0.25) is 0 Å². The summed E-state index contributed by atoms with van der Waals surface area (Å²) in [7, 11) is 0. The second-order valence-corrected chi connectivity index (χ2v) is 7.60. The summed E-state index contributed by atoms with van der Waals surface area (Å²) >= 11 is 0. The number of nitrogens with one attached hydrogen (secondary N) is 1. The number of hydrogen-bond donors (Lipinski definition) is 1. The second-order valence-electron chi connectivity index (χ2n) is 7.60. The summed E-state index contributed by atoms with van der Waals surface area (Å²) in [5, 5.41) is 7.48. The van der Waals surface area contributed by atoms with Crippen LogP contribution in [0.3, 0.4) is 0 Å². The van der Waals surface area contributed by atoms with Crippen LogP contribution in [-0.4, -0.2) is 40.2 Å². The van der Waals surface area contributed by atoms with Crippen molar-refractivity contribution in [2.45, 2.75) is 58.4 Å². The maximum Gasteiger partial charge on any atom is 0.226 e. The fraction of sp³-hybridized carbons (Fsp3) is 0.778. The van der Waals surface area contributed by atoms with Crippen molar-refractivity contribution in [1.29, 1.82) is 0 Å². The predicted octanol–water partition coefficient (Wildman–Crippen LogP) is 3.30. The van der Waals surface area contributed by atoms with Gasteiger partial charge in [-0.2, -0.15) is 5.10 Å². The molecule has 0 spiro atoms. The Balaban J connectivity index is 1.49. The third-order valence-electron chi connectivity index (χ3n) is 5.21. The van der Waals surface area contributed by atoms with Gasteiger partial charge < -0.3 is 10.2 Å². The number of carbonyl (C=O) groups is 1. The van der Waals surface area contributed by atoms with E-state index in [-0.39, 0.29) is 5.91 Å². The Morgan fingerprint density at radius 1 is 1.26 bits per heavy atom. The van der Waals surface area contributed by atoms with Gasteiger partial charge in [0.05, 0.1) is 12.2 Å². The highest BCUT2D eigenvalue weighted by molar-refractivity contribution is 5.89. The van der Waals surface area contributed by atoms with E-state index in [1.54, 1.807) is 6.20 Å². The number of likely N-dealkylation sites (tertiary alicyclic amines) is 1. The molecule has 23 heavy (non-hydrogen) atoms. The minimum absolute atomic E-state index is 0.107. The normalized spacial score (nSPS) is 26.5. The molecule has 1 aliphatic heterocycles. The average Bonchev–Trinajstić information content (AvgIpc) is 3.14. The molecule has 5 nitrogen and oxygen atoms in total. The lowest BCUT2D eigenvalue weighted by molar-refractivity contribution is -0.116. The number of anilines is 1. The molecular weight excluding hydrogens is 288 g/mol. The zero-order chi connectivity index (χ0) is 16.2. The summed E-state index contributed by atoms with van der Waals surface area (Å²) in [6.45, 7) is 7.72. The average molecular weight is 318 g/mol. The van der Waals surface area contributed by atoms with Gasteiger partial charge >= 0.3 is 0 Å². The molecule has 5 heteroatoms. The fourth-order valence-electron chi connectivity index (χ4n) is 4.29. The molecule has 3 rings (SSSR count). The van der Waals surface area contributed by atoms with Gasteiger partial charge in [0.2, 0.25) is 5.91 Å². The Morgan fingerprint density at radius 2 is 1.96 bits per heavy atom. The zero-order valence-corrected chi connectivity index (χ0v) is 14.5. The van der Waals surface area contributed by atoms with E-state index in [4.69, 9.17) is 0 Å². The van der Waals surface area contributed by atoms with Gasteiger partial charge in [-0.15, -0.1) is 0 Å². The smallest absolute Gasteiger partial charge is 0.226 e. The Kier molecular flexibility index (Phi) is 5.36. The molecule has 1 saturated carbocycles. The van der Waals surface area contributed by atoms with Crippen LogP contribution in [0.4, 0.5) is 5.82 Å². The van der Waals surface area contributed by atoms with Crippen molar-refractivity contribution >= 4 is 11.7 Å². The third-order valence-corrected chi connectivity index (χ3v) is 5.21. The molecule has 0 aromatic carbocycles. The molecule has 1 aliphatic carbocycles. The minimum Gasteiger partial charge on any atom is -0.311 e. The number of aromatic nitrogens is 2. The van der Waals surface area contributed by atoms with E-state index >= 15 is 0 Å². The number of nitrogens with zero attached hydrogens (tertiary/aromatic N) is 3. The van der Waals surface area contributed by atoms with Gasteiger partial charge in [0.1, 0.15) is 5.82 Å². The molecule has 1 aromatic rings. The number of hydrogen-bond acceptors (Lipinski definition) is 3. The Labute approximate surface area is 139 Å². The van der Waals surface area contributed by atoms with Crippen LogP contribution < -0.4 is 5.32 Å². The fourth-order valence-corrected chi connectivity index (χ4v) is 4.29. The molecule has 1 saturated heterocycles. The van der Waals surface area contributed by atoms with Crippen molar-refractivity contribution in [3.63, 3.8) is 0 Å².